The topological polar surface area (TPSA) is 64.1 Å². The average Bonchev–Trinajstić information content (AvgIpc) is 3.49. The zero-order valence-electron chi connectivity index (χ0n) is 44.8. The predicted octanol–water partition coefficient (Wildman–Crippen LogP) is 14.7. The fourth-order valence-electron chi connectivity index (χ4n) is 10.6. The van der Waals surface area contributed by atoms with Crippen LogP contribution in [0.1, 0.15) is 57.0 Å². The minimum atomic E-state index is -2.99. The Labute approximate surface area is 466 Å². The molecule has 0 aliphatic carbocycles. The second kappa shape index (κ2) is 27.9. The monoisotopic (exact) mass is 1070 g/mol. The van der Waals surface area contributed by atoms with Gasteiger partial charge in [-0.25, -0.2) is 0 Å². The Balaban J connectivity index is 1.15. The average molecular weight is 1070 g/mol. The Morgan fingerprint density at radius 3 is 0.756 bits per heavy atom. The van der Waals surface area contributed by atoms with Gasteiger partial charge in [0.1, 0.15) is 0 Å². The number of nitrogens with zero attached hydrogens (tertiary/aromatic N) is 1. The summed E-state index contributed by atoms with van der Waals surface area (Å²) in [5.41, 5.74) is 19.7. The lowest BCUT2D eigenvalue weighted by Gasteiger charge is -2.34. The van der Waals surface area contributed by atoms with Gasteiger partial charge < -0.3 is 13.6 Å². The molecule has 0 aliphatic heterocycles. The number of nitrogens with one attached hydrogen (secondary N) is 2. The van der Waals surface area contributed by atoms with E-state index >= 15 is 0 Å². The summed E-state index contributed by atoms with van der Waals surface area (Å²) < 4.78 is 22.5. The van der Waals surface area contributed by atoms with Gasteiger partial charge in [0.25, 0.3) is 8.32 Å². The minimum Gasteiger partial charge on any atom is -0.453 e. The first-order valence-electron chi connectivity index (χ1n) is 27.2. The number of benzene rings is 9. The fraction of sp³-hybridized carbons (Fsp3) is 0.145. The van der Waals surface area contributed by atoms with Crippen molar-refractivity contribution in [1.29, 1.82) is 0 Å². The summed E-state index contributed by atoms with van der Waals surface area (Å²) in [6.45, 7) is 6.83. The number of hydrogen-bond acceptors (Lipinski definition) is 6. The summed E-state index contributed by atoms with van der Waals surface area (Å²) in [6, 6.07) is 103. The first-order valence-corrected chi connectivity index (χ1v) is 34.8. The number of hydrogen-bond donors (Lipinski definition) is 2. The van der Waals surface area contributed by atoms with Crippen LogP contribution in [0.4, 0.5) is 0 Å². The van der Waals surface area contributed by atoms with Crippen LogP contribution in [-0.2, 0) is 68.0 Å². The number of allylic oxidation sites excluding steroid dienone is 1. The van der Waals surface area contributed by atoms with Crippen LogP contribution in [0.25, 0.3) is 0 Å². The Morgan fingerprint density at radius 2 is 0.538 bits per heavy atom. The molecule has 0 radical (unpaired) electrons. The molecule has 9 heteroatoms. The van der Waals surface area contributed by atoms with Crippen molar-refractivity contribution in [3.63, 3.8) is 0 Å². The summed E-state index contributed by atoms with van der Waals surface area (Å²) in [5.74, 6) is 0. The molecule has 0 aromatic heterocycles. The summed E-state index contributed by atoms with van der Waals surface area (Å²) in [5, 5.41) is 5.42. The smallest absolute Gasteiger partial charge is 0.300 e. The Morgan fingerprint density at radius 1 is 0.333 bits per heavy atom. The van der Waals surface area contributed by atoms with Crippen molar-refractivity contribution in [1.82, 2.24) is 11.0 Å². The molecular formula is C69H71N3O3Si3. The lowest BCUT2D eigenvalue weighted by molar-refractivity contribution is 0.206. The first kappa shape index (κ1) is 54.9. The van der Waals surface area contributed by atoms with Gasteiger partial charge >= 0.3 is 0 Å². The van der Waals surface area contributed by atoms with Gasteiger partial charge in [-0.2, -0.15) is 0 Å². The summed E-state index contributed by atoms with van der Waals surface area (Å²) >= 11 is 0. The first-order chi connectivity index (χ1) is 38.3. The van der Waals surface area contributed by atoms with Crippen molar-refractivity contribution in [2.75, 3.05) is 0 Å². The van der Waals surface area contributed by atoms with Gasteiger partial charge in [-0.3, -0.25) is 11.0 Å². The summed E-state index contributed by atoms with van der Waals surface area (Å²) in [6.07, 6.45) is 2.03. The van der Waals surface area contributed by atoms with Gasteiger partial charge in [-0.05, 0) is 93.3 Å². The molecule has 9 rings (SSSR count). The molecule has 0 unspecified atom stereocenters. The van der Waals surface area contributed by atoms with E-state index in [1.807, 2.05) is 13.0 Å². The van der Waals surface area contributed by atoms with E-state index in [9.17, 15) is 0 Å². The van der Waals surface area contributed by atoms with Gasteiger partial charge in [0.05, 0.1) is 11.4 Å². The second-order valence-electron chi connectivity index (χ2n) is 20.6. The molecule has 0 heterocycles. The zero-order chi connectivity index (χ0) is 53.6. The summed E-state index contributed by atoms with van der Waals surface area (Å²) in [7, 11) is -8.75. The molecule has 0 saturated heterocycles. The van der Waals surface area contributed by atoms with Crippen LogP contribution in [0.15, 0.2) is 302 Å². The summed E-state index contributed by atoms with van der Waals surface area (Å²) in [4.78, 5) is 0. The molecule has 6 nitrogen and oxygen atoms in total. The van der Waals surface area contributed by atoms with Crippen LogP contribution < -0.4 is 11.0 Å². The van der Waals surface area contributed by atoms with Gasteiger partial charge in [0.15, 0.2) is 5.71 Å². The Kier molecular flexibility index (Phi) is 19.7. The van der Waals surface area contributed by atoms with Crippen LogP contribution >= 0.6 is 0 Å². The van der Waals surface area contributed by atoms with Crippen molar-refractivity contribution in [2.24, 2.45) is 5.16 Å². The van der Waals surface area contributed by atoms with E-state index < -0.39 is 25.0 Å². The van der Waals surface area contributed by atoms with E-state index in [1.54, 1.807) is 0 Å². The van der Waals surface area contributed by atoms with E-state index in [-0.39, 0.29) is 0 Å². The molecule has 0 fully saturated rings. The maximum Gasteiger partial charge on any atom is 0.300 e. The molecule has 9 aromatic rings. The molecule has 2 N–H and O–H groups in total. The van der Waals surface area contributed by atoms with E-state index in [0.717, 1.165) is 54.4 Å². The highest BCUT2D eigenvalue weighted by atomic mass is 28.4. The van der Waals surface area contributed by atoms with Gasteiger partial charge in [0, 0.05) is 18.1 Å². The van der Waals surface area contributed by atoms with Crippen molar-refractivity contribution >= 4 is 30.7 Å². The number of hydroxylamine groups is 2. The molecule has 0 atom stereocenters. The van der Waals surface area contributed by atoms with Crippen LogP contribution in [-0.4, -0.2) is 30.7 Å². The molecule has 0 aliphatic rings. The highest BCUT2D eigenvalue weighted by Crippen LogP contribution is 2.29. The highest BCUT2D eigenvalue weighted by molar-refractivity contribution is 6.73. The third-order valence-corrected chi connectivity index (χ3v) is 25.3. The van der Waals surface area contributed by atoms with Crippen molar-refractivity contribution < 1.29 is 13.6 Å². The van der Waals surface area contributed by atoms with Gasteiger partial charge in [-0.15, -0.1) is 0 Å². The maximum absolute atomic E-state index is 7.52. The van der Waals surface area contributed by atoms with Crippen LogP contribution in [0.2, 0.25) is 0 Å². The molecule has 0 amide bonds. The Bertz CT molecular complexity index is 2950. The largest absolute Gasteiger partial charge is 0.453 e. The molecule has 0 saturated carbocycles. The van der Waals surface area contributed by atoms with Crippen molar-refractivity contribution in [2.45, 2.75) is 61.3 Å². The van der Waals surface area contributed by atoms with Crippen LogP contribution in [0.3, 0.4) is 0 Å². The molecule has 392 valence electrons. The predicted molar refractivity (Wildman–Crippen MR) is 328 cm³/mol. The second-order valence-corrected chi connectivity index (χ2v) is 31.5. The van der Waals surface area contributed by atoms with Crippen molar-refractivity contribution in [3.05, 3.63) is 347 Å². The quantitative estimate of drug-likeness (QED) is 0.0291. The van der Waals surface area contributed by atoms with Crippen molar-refractivity contribution in [3.8, 4) is 0 Å². The van der Waals surface area contributed by atoms with Crippen LogP contribution in [0.5, 0.6) is 0 Å². The zero-order valence-corrected chi connectivity index (χ0v) is 47.8. The molecule has 78 heavy (non-hydrogen) atoms. The minimum absolute atomic E-state index is 0.466. The molecular weight excluding hydrogens is 1000 g/mol. The lowest BCUT2D eigenvalue weighted by atomic mass is 10.2. The normalized spacial score (nSPS) is 12.2. The SMILES string of the molecule is C=C(NO[Si](Cc1ccccc1)(Cc1ccccc1)Cc1ccccc1)C(=NO[Si](Cc1ccccc1)(Cc1ccccc1)Cc1ccccc1)C(=CC)NO[Si](Cc1ccccc1)(Cc1ccccc1)Cc1ccccc1. The van der Waals surface area contributed by atoms with E-state index in [0.29, 0.717) is 17.1 Å². The molecule has 9 aromatic carbocycles. The molecule has 0 spiro atoms. The molecule has 0 bridgehead atoms. The van der Waals surface area contributed by atoms with E-state index in [4.69, 9.17) is 25.3 Å². The van der Waals surface area contributed by atoms with Crippen LogP contribution in [0, 0.1) is 0 Å². The third kappa shape index (κ3) is 16.3. The fourth-order valence-corrected chi connectivity index (χ4v) is 22.1. The number of oxime groups is 1. The highest BCUT2D eigenvalue weighted by Gasteiger charge is 2.42. The Hall–Kier alpha value is -7.90. The van der Waals surface area contributed by atoms with Gasteiger partial charge in [-0.1, -0.05) is 291 Å². The van der Waals surface area contributed by atoms with E-state index in [1.165, 1.54) is 50.1 Å². The lowest BCUT2D eigenvalue weighted by Crippen LogP contribution is -2.52. The van der Waals surface area contributed by atoms with Gasteiger partial charge in [0.2, 0.25) is 16.6 Å². The number of rotatable bonds is 28. The van der Waals surface area contributed by atoms with E-state index in [2.05, 4.69) is 284 Å². The maximum atomic E-state index is 7.52. The third-order valence-electron chi connectivity index (χ3n) is 14.3. The standard InChI is InChI=1S/C69H71N3O3Si3/c1-3-68(71-74-77(52-62-37-19-7-20-38-62,53-63-39-21-8-22-40-63)54-64-41-23-9-24-42-64)69(72-75-78(55-65-43-25-10-26-44-65,56-66-45-27-11-28-46-66)57-67-47-29-12-30-48-67)58(2)70-73-76(49-59-31-13-4-14-32-59,50-60-33-15-5-16-34-60)51-61-35-17-6-18-36-61/h3-48,70-71H,2,49-57H2,1H3.